The molecule has 1 saturated heterocycles. The second-order valence-electron chi connectivity index (χ2n) is 4.34. The van der Waals surface area contributed by atoms with Gasteiger partial charge in [0.1, 0.15) is 0 Å². The molecule has 1 aliphatic heterocycles. The average molecular weight is 291 g/mol. The van der Waals surface area contributed by atoms with E-state index in [0.29, 0.717) is 0 Å². The predicted molar refractivity (Wildman–Crippen MR) is 79.4 cm³/mol. The van der Waals surface area contributed by atoms with Crippen LogP contribution in [0.2, 0.25) is 4.34 Å². The number of hydrogen-bond acceptors (Lipinski definition) is 4. The number of thiophene rings is 1. The minimum Gasteiger partial charge on any atom is -0.311 e. The summed E-state index contributed by atoms with van der Waals surface area (Å²) in [6, 6.07) is 4.79. The molecular formula is C12H19ClN2S2. The first-order valence-electron chi connectivity index (χ1n) is 6.02. The van der Waals surface area contributed by atoms with Gasteiger partial charge in [-0.3, -0.25) is 4.90 Å². The van der Waals surface area contributed by atoms with Gasteiger partial charge in [-0.05, 0) is 19.1 Å². The average Bonchev–Trinajstić information content (AvgIpc) is 2.73. The standard InChI is InChI=1S/C12H19ClN2S2/c1-10-9-16-7-6-15(10)5-4-14-8-11-2-3-12(13)17-11/h2-3,10,14H,4-9H2,1H3. The van der Waals surface area contributed by atoms with E-state index in [9.17, 15) is 0 Å². The van der Waals surface area contributed by atoms with E-state index in [4.69, 9.17) is 11.6 Å². The summed E-state index contributed by atoms with van der Waals surface area (Å²) in [5.41, 5.74) is 0. The van der Waals surface area contributed by atoms with Crippen molar-refractivity contribution in [2.45, 2.75) is 19.5 Å². The third kappa shape index (κ3) is 4.45. The summed E-state index contributed by atoms with van der Waals surface area (Å²) < 4.78 is 0.878. The van der Waals surface area contributed by atoms with Crippen molar-refractivity contribution in [1.29, 1.82) is 0 Å². The van der Waals surface area contributed by atoms with Gasteiger partial charge in [0.05, 0.1) is 4.34 Å². The lowest BCUT2D eigenvalue weighted by atomic mass is 10.3. The third-order valence-corrected chi connectivity index (χ3v) is 5.43. The molecule has 1 aliphatic rings. The van der Waals surface area contributed by atoms with Gasteiger partial charge in [0.2, 0.25) is 0 Å². The van der Waals surface area contributed by atoms with Crippen LogP contribution in [-0.2, 0) is 6.54 Å². The van der Waals surface area contributed by atoms with E-state index in [2.05, 4.69) is 35.0 Å². The molecule has 1 aromatic rings. The van der Waals surface area contributed by atoms with Gasteiger partial charge in [-0.15, -0.1) is 11.3 Å². The highest BCUT2D eigenvalue weighted by Gasteiger charge is 2.17. The zero-order valence-electron chi connectivity index (χ0n) is 10.1. The van der Waals surface area contributed by atoms with E-state index in [1.165, 1.54) is 22.9 Å². The van der Waals surface area contributed by atoms with E-state index < -0.39 is 0 Å². The van der Waals surface area contributed by atoms with Gasteiger partial charge in [0.15, 0.2) is 0 Å². The normalized spacial score (nSPS) is 21.9. The minimum atomic E-state index is 0.728. The maximum atomic E-state index is 5.89. The molecule has 0 amide bonds. The molecule has 2 heterocycles. The zero-order valence-corrected chi connectivity index (χ0v) is 12.5. The number of thioether (sulfide) groups is 1. The Morgan fingerprint density at radius 1 is 1.53 bits per heavy atom. The highest BCUT2D eigenvalue weighted by Crippen LogP contribution is 2.21. The summed E-state index contributed by atoms with van der Waals surface area (Å²) in [5, 5.41) is 3.49. The van der Waals surface area contributed by atoms with Crippen LogP contribution in [0, 0.1) is 0 Å². The Kier molecular flexibility index (Phi) is 5.63. The van der Waals surface area contributed by atoms with Crippen LogP contribution in [0.1, 0.15) is 11.8 Å². The third-order valence-electron chi connectivity index (χ3n) is 3.01. The zero-order chi connectivity index (χ0) is 12.1. The van der Waals surface area contributed by atoms with Gasteiger partial charge >= 0.3 is 0 Å². The SMILES string of the molecule is CC1CSCCN1CCNCc1ccc(Cl)s1. The Bertz CT molecular complexity index is 343. The molecule has 0 spiro atoms. The maximum Gasteiger partial charge on any atom is 0.0931 e. The van der Waals surface area contributed by atoms with E-state index in [1.54, 1.807) is 11.3 Å². The van der Waals surface area contributed by atoms with Crippen molar-refractivity contribution in [2.75, 3.05) is 31.1 Å². The summed E-state index contributed by atoms with van der Waals surface area (Å²) in [6.07, 6.45) is 0. The number of nitrogens with zero attached hydrogens (tertiary/aromatic N) is 1. The Morgan fingerprint density at radius 2 is 2.41 bits per heavy atom. The Hall–Kier alpha value is 0.260. The molecule has 1 unspecified atom stereocenters. The molecule has 0 radical (unpaired) electrons. The maximum absolute atomic E-state index is 5.89. The van der Waals surface area contributed by atoms with Crippen molar-refractivity contribution in [3.05, 3.63) is 21.3 Å². The van der Waals surface area contributed by atoms with Gasteiger partial charge < -0.3 is 5.32 Å². The second-order valence-corrected chi connectivity index (χ2v) is 7.29. The molecule has 2 nitrogen and oxygen atoms in total. The van der Waals surface area contributed by atoms with Crippen LogP contribution in [0.4, 0.5) is 0 Å². The summed E-state index contributed by atoms with van der Waals surface area (Å²) in [6.45, 7) is 6.71. The second kappa shape index (κ2) is 7.00. The van der Waals surface area contributed by atoms with Crippen molar-refractivity contribution in [1.82, 2.24) is 10.2 Å². The summed E-state index contributed by atoms with van der Waals surface area (Å²) in [5.74, 6) is 2.56. The molecule has 0 aromatic carbocycles. The fourth-order valence-corrected chi connectivity index (χ4v) is 4.11. The lowest BCUT2D eigenvalue weighted by Crippen LogP contribution is -2.43. The van der Waals surface area contributed by atoms with E-state index in [0.717, 1.165) is 30.0 Å². The van der Waals surface area contributed by atoms with Gasteiger partial charge in [-0.2, -0.15) is 11.8 Å². The van der Waals surface area contributed by atoms with Crippen LogP contribution < -0.4 is 5.32 Å². The van der Waals surface area contributed by atoms with Crippen LogP contribution >= 0.6 is 34.7 Å². The van der Waals surface area contributed by atoms with Crippen LogP contribution in [0.3, 0.4) is 0 Å². The molecule has 0 saturated carbocycles. The number of hydrogen-bond donors (Lipinski definition) is 1. The van der Waals surface area contributed by atoms with Crippen LogP contribution in [0.25, 0.3) is 0 Å². The summed E-state index contributed by atoms with van der Waals surface area (Å²) >= 11 is 9.63. The summed E-state index contributed by atoms with van der Waals surface area (Å²) in [4.78, 5) is 3.89. The van der Waals surface area contributed by atoms with Crippen molar-refractivity contribution in [2.24, 2.45) is 0 Å². The van der Waals surface area contributed by atoms with Crippen molar-refractivity contribution >= 4 is 34.7 Å². The van der Waals surface area contributed by atoms with Gasteiger partial charge in [0.25, 0.3) is 0 Å². The quantitative estimate of drug-likeness (QED) is 0.840. The van der Waals surface area contributed by atoms with E-state index >= 15 is 0 Å². The molecule has 96 valence electrons. The lowest BCUT2D eigenvalue weighted by Gasteiger charge is -2.32. The molecule has 17 heavy (non-hydrogen) atoms. The van der Waals surface area contributed by atoms with Gasteiger partial charge in [-0.25, -0.2) is 0 Å². The first-order valence-corrected chi connectivity index (χ1v) is 8.37. The minimum absolute atomic E-state index is 0.728. The molecule has 1 atom stereocenters. The Balaban J connectivity index is 1.62. The molecule has 1 N–H and O–H groups in total. The monoisotopic (exact) mass is 290 g/mol. The number of nitrogens with one attached hydrogen (secondary N) is 1. The number of rotatable bonds is 5. The van der Waals surface area contributed by atoms with Crippen molar-refractivity contribution in [3.8, 4) is 0 Å². The van der Waals surface area contributed by atoms with Crippen LogP contribution in [0.15, 0.2) is 12.1 Å². The van der Waals surface area contributed by atoms with E-state index in [1.807, 2.05) is 6.07 Å². The summed E-state index contributed by atoms with van der Waals surface area (Å²) in [7, 11) is 0. The van der Waals surface area contributed by atoms with Gasteiger partial charge in [0, 0.05) is 48.6 Å². The highest BCUT2D eigenvalue weighted by molar-refractivity contribution is 7.99. The largest absolute Gasteiger partial charge is 0.311 e. The molecule has 0 bridgehead atoms. The molecule has 0 aliphatic carbocycles. The molecule has 1 aromatic heterocycles. The highest BCUT2D eigenvalue weighted by atomic mass is 35.5. The van der Waals surface area contributed by atoms with Crippen LogP contribution in [0.5, 0.6) is 0 Å². The predicted octanol–water partition coefficient (Wildman–Crippen LogP) is 2.93. The smallest absolute Gasteiger partial charge is 0.0931 e. The fraction of sp³-hybridized carbons (Fsp3) is 0.667. The molecule has 5 heteroatoms. The van der Waals surface area contributed by atoms with Crippen molar-refractivity contribution in [3.63, 3.8) is 0 Å². The fourth-order valence-electron chi connectivity index (χ4n) is 1.97. The Morgan fingerprint density at radius 3 is 3.12 bits per heavy atom. The molecule has 2 rings (SSSR count). The first-order chi connectivity index (χ1) is 8.25. The first kappa shape index (κ1) is 13.7. The van der Waals surface area contributed by atoms with Crippen molar-refractivity contribution < 1.29 is 0 Å². The topological polar surface area (TPSA) is 15.3 Å². The molecular weight excluding hydrogens is 272 g/mol. The Labute approximate surface area is 117 Å². The lowest BCUT2D eigenvalue weighted by molar-refractivity contribution is 0.233. The van der Waals surface area contributed by atoms with Gasteiger partial charge in [-0.1, -0.05) is 11.6 Å². The number of halogens is 1. The molecule has 1 fully saturated rings. The van der Waals surface area contributed by atoms with Crippen LogP contribution in [-0.4, -0.2) is 42.1 Å². The van der Waals surface area contributed by atoms with E-state index in [-0.39, 0.29) is 0 Å².